The number of unbranched alkanes of at least 4 members (excludes halogenated alkanes) is 2. The molecule has 0 aromatic rings. The van der Waals surface area contributed by atoms with Gasteiger partial charge >= 0.3 is 5.97 Å². The molecule has 100 valence electrons. The monoisotopic (exact) mass is 243 g/mol. The lowest BCUT2D eigenvalue weighted by Crippen LogP contribution is -2.22. The van der Waals surface area contributed by atoms with Crippen LogP contribution in [0.3, 0.4) is 0 Å². The fourth-order valence-corrected chi connectivity index (χ4v) is 2.07. The molecule has 1 aliphatic rings. The second-order valence-corrected chi connectivity index (χ2v) is 4.64. The van der Waals surface area contributed by atoms with Gasteiger partial charge < -0.3 is 15.2 Å². The van der Waals surface area contributed by atoms with Gasteiger partial charge in [0.05, 0.1) is 12.7 Å². The minimum absolute atomic E-state index is 0.113. The average molecular weight is 243 g/mol. The molecule has 0 spiro atoms. The van der Waals surface area contributed by atoms with E-state index in [-0.39, 0.29) is 18.7 Å². The number of carbonyl (C=O) groups is 1. The summed E-state index contributed by atoms with van der Waals surface area (Å²) in [6, 6.07) is 0. The summed E-state index contributed by atoms with van der Waals surface area (Å²) in [5, 5.41) is 0. The van der Waals surface area contributed by atoms with E-state index in [1.54, 1.807) is 0 Å². The van der Waals surface area contributed by atoms with Gasteiger partial charge in [0.1, 0.15) is 6.61 Å². The summed E-state index contributed by atoms with van der Waals surface area (Å²) in [7, 11) is 0. The highest BCUT2D eigenvalue weighted by Gasteiger charge is 2.15. The van der Waals surface area contributed by atoms with Crippen molar-refractivity contribution in [2.24, 2.45) is 5.73 Å². The fraction of sp³-hybridized carbons (Fsp3) is 0.923. The minimum Gasteiger partial charge on any atom is -0.464 e. The quantitative estimate of drug-likeness (QED) is 0.523. The third-order valence-electron chi connectivity index (χ3n) is 3.10. The summed E-state index contributed by atoms with van der Waals surface area (Å²) < 4.78 is 10.6. The zero-order chi connectivity index (χ0) is 12.3. The van der Waals surface area contributed by atoms with Crippen molar-refractivity contribution >= 4 is 5.97 Å². The van der Waals surface area contributed by atoms with Gasteiger partial charge in [0.25, 0.3) is 0 Å². The minimum atomic E-state index is -0.233. The number of hydrogen-bond acceptors (Lipinski definition) is 4. The summed E-state index contributed by atoms with van der Waals surface area (Å²) in [6.07, 6.45) is 9.10. The highest BCUT2D eigenvalue weighted by atomic mass is 16.6. The number of rotatable bonds is 8. The standard InChI is InChI=1S/C13H25NO3/c14-9-5-2-6-10-16-13(15)11-17-12-7-3-1-4-8-12/h12H,1-11,14H2. The Bertz CT molecular complexity index is 203. The summed E-state index contributed by atoms with van der Waals surface area (Å²) >= 11 is 0. The van der Waals surface area contributed by atoms with Crippen LogP contribution in [0.5, 0.6) is 0 Å². The molecule has 0 aromatic heterocycles. The van der Waals surface area contributed by atoms with Crippen LogP contribution in [0.15, 0.2) is 0 Å². The second kappa shape index (κ2) is 9.42. The van der Waals surface area contributed by atoms with Crippen molar-refractivity contribution in [2.75, 3.05) is 19.8 Å². The molecule has 0 aliphatic heterocycles. The van der Waals surface area contributed by atoms with Gasteiger partial charge in [-0.3, -0.25) is 0 Å². The zero-order valence-electron chi connectivity index (χ0n) is 10.7. The maximum absolute atomic E-state index is 11.3. The molecular weight excluding hydrogens is 218 g/mol. The summed E-state index contributed by atoms with van der Waals surface area (Å²) in [4.78, 5) is 11.3. The van der Waals surface area contributed by atoms with Gasteiger partial charge in [-0.05, 0) is 38.6 Å². The molecule has 1 fully saturated rings. The Morgan fingerprint density at radius 3 is 2.59 bits per heavy atom. The van der Waals surface area contributed by atoms with Crippen molar-refractivity contribution in [2.45, 2.75) is 57.5 Å². The second-order valence-electron chi connectivity index (χ2n) is 4.64. The molecule has 0 heterocycles. The molecule has 0 aromatic carbocycles. The molecule has 0 saturated heterocycles. The molecule has 1 rings (SSSR count). The molecule has 0 amide bonds. The highest BCUT2D eigenvalue weighted by molar-refractivity contribution is 5.70. The molecule has 0 radical (unpaired) electrons. The predicted molar refractivity (Wildman–Crippen MR) is 66.7 cm³/mol. The van der Waals surface area contributed by atoms with Gasteiger partial charge in [-0.25, -0.2) is 4.79 Å². The van der Waals surface area contributed by atoms with E-state index in [1.807, 2.05) is 0 Å². The molecule has 2 N–H and O–H groups in total. The van der Waals surface area contributed by atoms with Crippen molar-refractivity contribution in [3.63, 3.8) is 0 Å². The molecule has 1 aliphatic carbocycles. The van der Waals surface area contributed by atoms with Crippen LogP contribution in [0.25, 0.3) is 0 Å². The molecule has 4 heteroatoms. The maximum Gasteiger partial charge on any atom is 0.332 e. The lowest BCUT2D eigenvalue weighted by molar-refractivity contribution is -0.151. The number of ether oxygens (including phenoxy) is 2. The van der Waals surface area contributed by atoms with Crippen molar-refractivity contribution in [3.8, 4) is 0 Å². The Balaban J connectivity index is 1.93. The van der Waals surface area contributed by atoms with E-state index in [4.69, 9.17) is 15.2 Å². The van der Waals surface area contributed by atoms with Gasteiger partial charge in [-0.15, -0.1) is 0 Å². The topological polar surface area (TPSA) is 61.5 Å². The first-order chi connectivity index (χ1) is 8.33. The van der Waals surface area contributed by atoms with E-state index in [1.165, 1.54) is 19.3 Å². The Morgan fingerprint density at radius 1 is 1.12 bits per heavy atom. The lowest BCUT2D eigenvalue weighted by Gasteiger charge is -2.21. The zero-order valence-corrected chi connectivity index (χ0v) is 10.7. The average Bonchev–Trinajstić information content (AvgIpc) is 2.37. The Labute approximate surface area is 104 Å². The van der Waals surface area contributed by atoms with Crippen molar-refractivity contribution in [1.82, 2.24) is 0 Å². The van der Waals surface area contributed by atoms with E-state index in [0.29, 0.717) is 13.2 Å². The number of nitrogens with two attached hydrogens (primary N) is 1. The van der Waals surface area contributed by atoms with Crippen LogP contribution >= 0.6 is 0 Å². The molecule has 17 heavy (non-hydrogen) atoms. The van der Waals surface area contributed by atoms with E-state index in [2.05, 4.69) is 0 Å². The van der Waals surface area contributed by atoms with Gasteiger partial charge in [-0.2, -0.15) is 0 Å². The number of carbonyl (C=O) groups excluding carboxylic acids is 1. The lowest BCUT2D eigenvalue weighted by atomic mass is 9.98. The van der Waals surface area contributed by atoms with E-state index >= 15 is 0 Å². The van der Waals surface area contributed by atoms with Crippen LogP contribution in [-0.4, -0.2) is 31.8 Å². The summed E-state index contributed by atoms with van der Waals surface area (Å²) in [6.45, 7) is 1.31. The fourth-order valence-electron chi connectivity index (χ4n) is 2.07. The van der Waals surface area contributed by atoms with Crippen LogP contribution in [0.4, 0.5) is 0 Å². The van der Waals surface area contributed by atoms with Crippen molar-refractivity contribution in [3.05, 3.63) is 0 Å². The normalized spacial score (nSPS) is 17.0. The van der Waals surface area contributed by atoms with Crippen LogP contribution in [-0.2, 0) is 14.3 Å². The van der Waals surface area contributed by atoms with Crippen LogP contribution in [0, 0.1) is 0 Å². The molecule has 1 saturated carbocycles. The van der Waals surface area contributed by atoms with Crippen molar-refractivity contribution in [1.29, 1.82) is 0 Å². The largest absolute Gasteiger partial charge is 0.464 e. The van der Waals surface area contributed by atoms with E-state index in [9.17, 15) is 4.79 Å². The van der Waals surface area contributed by atoms with E-state index in [0.717, 1.165) is 32.1 Å². The molecule has 4 nitrogen and oxygen atoms in total. The number of hydrogen-bond donors (Lipinski definition) is 1. The van der Waals surface area contributed by atoms with Gasteiger partial charge in [0.2, 0.25) is 0 Å². The van der Waals surface area contributed by atoms with E-state index < -0.39 is 0 Å². The Morgan fingerprint density at radius 2 is 1.88 bits per heavy atom. The van der Waals surface area contributed by atoms with Crippen LogP contribution in [0.2, 0.25) is 0 Å². The highest BCUT2D eigenvalue weighted by Crippen LogP contribution is 2.20. The van der Waals surface area contributed by atoms with Gasteiger partial charge in [-0.1, -0.05) is 19.3 Å². The van der Waals surface area contributed by atoms with Gasteiger partial charge in [0.15, 0.2) is 0 Å². The first-order valence-corrected chi connectivity index (χ1v) is 6.80. The smallest absolute Gasteiger partial charge is 0.332 e. The Kier molecular flexibility index (Phi) is 8.01. The van der Waals surface area contributed by atoms with Crippen molar-refractivity contribution < 1.29 is 14.3 Å². The predicted octanol–water partition coefficient (Wildman–Crippen LogP) is 2.01. The SMILES string of the molecule is NCCCCCOC(=O)COC1CCCCC1. The molecule has 0 unspecified atom stereocenters. The summed E-state index contributed by atoms with van der Waals surface area (Å²) in [5.74, 6) is -0.233. The summed E-state index contributed by atoms with van der Waals surface area (Å²) in [5.41, 5.74) is 5.37. The maximum atomic E-state index is 11.3. The van der Waals surface area contributed by atoms with Crippen LogP contribution in [0.1, 0.15) is 51.4 Å². The molecule has 0 bridgehead atoms. The third kappa shape index (κ3) is 7.34. The number of esters is 1. The first kappa shape index (κ1) is 14.5. The Hall–Kier alpha value is -0.610. The first-order valence-electron chi connectivity index (χ1n) is 6.80. The molecular formula is C13H25NO3. The van der Waals surface area contributed by atoms with Crippen LogP contribution < -0.4 is 5.73 Å². The molecule has 0 atom stereocenters. The van der Waals surface area contributed by atoms with Gasteiger partial charge in [0, 0.05) is 0 Å². The third-order valence-corrected chi connectivity index (χ3v) is 3.10.